The number of hydrogen-bond donors (Lipinski definition) is 1. The van der Waals surface area contributed by atoms with E-state index in [1.54, 1.807) is 18.1 Å². The number of hydrogen-bond acceptors (Lipinski definition) is 5. The highest BCUT2D eigenvalue weighted by atomic mass is 127. The summed E-state index contributed by atoms with van der Waals surface area (Å²) in [5.74, 6) is 3.15. The summed E-state index contributed by atoms with van der Waals surface area (Å²) in [6.45, 7) is 6.53. The van der Waals surface area contributed by atoms with Gasteiger partial charge in [-0.25, -0.2) is 9.98 Å². The molecule has 1 aromatic heterocycles. The van der Waals surface area contributed by atoms with Gasteiger partial charge in [-0.05, 0) is 31.5 Å². The number of guanidine groups is 1. The molecule has 2 rings (SSSR count). The average Bonchev–Trinajstić information content (AvgIpc) is 3.03. The molecular weight excluding hydrogens is 459 g/mol. The molecule has 9 heteroatoms. The Morgan fingerprint density at radius 1 is 1.30 bits per heavy atom. The van der Waals surface area contributed by atoms with Crippen LogP contribution >= 0.6 is 24.0 Å². The Morgan fingerprint density at radius 2 is 2.07 bits per heavy atom. The van der Waals surface area contributed by atoms with E-state index in [9.17, 15) is 0 Å². The first-order valence-corrected chi connectivity index (χ1v) is 8.71. The Labute approximate surface area is 178 Å². The lowest BCUT2D eigenvalue weighted by Crippen LogP contribution is -2.39. The number of ether oxygens (including phenoxy) is 2. The zero-order valence-electron chi connectivity index (χ0n) is 16.6. The van der Waals surface area contributed by atoms with Crippen LogP contribution in [-0.2, 0) is 20.1 Å². The van der Waals surface area contributed by atoms with Crippen LogP contribution in [0.5, 0.6) is 11.5 Å². The van der Waals surface area contributed by atoms with Gasteiger partial charge in [-0.1, -0.05) is 6.07 Å². The number of rotatable bonds is 8. The Bertz CT molecular complexity index is 734. The Balaban J connectivity index is 0.00000364. The van der Waals surface area contributed by atoms with Crippen LogP contribution in [0.25, 0.3) is 0 Å². The van der Waals surface area contributed by atoms with Crippen molar-refractivity contribution in [2.45, 2.75) is 26.9 Å². The van der Waals surface area contributed by atoms with Crippen molar-refractivity contribution >= 4 is 29.9 Å². The van der Waals surface area contributed by atoms with Crippen LogP contribution in [0.15, 0.2) is 29.5 Å². The third-order valence-electron chi connectivity index (χ3n) is 3.82. The lowest BCUT2D eigenvalue weighted by molar-refractivity contribution is 0.310. The van der Waals surface area contributed by atoms with E-state index in [4.69, 9.17) is 14.5 Å². The van der Waals surface area contributed by atoms with E-state index < -0.39 is 0 Å². The normalized spacial score (nSPS) is 10.9. The molecule has 8 nitrogen and oxygen atoms in total. The van der Waals surface area contributed by atoms with E-state index in [1.165, 1.54) is 0 Å². The molecule has 0 aliphatic heterocycles. The van der Waals surface area contributed by atoms with E-state index in [0.29, 0.717) is 19.7 Å². The lowest BCUT2D eigenvalue weighted by atomic mass is 10.2. The first-order valence-electron chi connectivity index (χ1n) is 8.71. The van der Waals surface area contributed by atoms with Gasteiger partial charge in [-0.2, -0.15) is 5.10 Å². The van der Waals surface area contributed by atoms with Gasteiger partial charge in [-0.3, -0.25) is 4.68 Å². The predicted octanol–water partition coefficient (Wildman–Crippen LogP) is 2.44. The summed E-state index contributed by atoms with van der Waals surface area (Å²) in [4.78, 5) is 11.0. The van der Waals surface area contributed by atoms with Crippen LogP contribution in [0.3, 0.4) is 0 Å². The Morgan fingerprint density at radius 3 is 2.67 bits per heavy atom. The minimum absolute atomic E-state index is 0. The molecule has 0 saturated heterocycles. The summed E-state index contributed by atoms with van der Waals surface area (Å²) < 4.78 is 12.7. The topological polar surface area (TPSA) is 76.8 Å². The van der Waals surface area contributed by atoms with Gasteiger partial charge in [0.2, 0.25) is 0 Å². The van der Waals surface area contributed by atoms with E-state index in [1.807, 2.05) is 51.0 Å². The fraction of sp³-hybridized carbons (Fsp3) is 0.500. The minimum atomic E-state index is 0. The number of nitrogens with zero attached hydrogens (tertiary/aromatic N) is 5. The smallest absolute Gasteiger partial charge is 0.194 e. The van der Waals surface area contributed by atoms with Gasteiger partial charge in [0.1, 0.15) is 12.2 Å². The highest BCUT2D eigenvalue weighted by Crippen LogP contribution is 2.28. The number of aliphatic imine (C=N–C) groups is 1. The monoisotopic (exact) mass is 488 g/mol. The largest absolute Gasteiger partial charge is 0.493 e. The van der Waals surface area contributed by atoms with Crippen LogP contribution < -0.4 is 14.8 Å². The molecule has 0 amide bonds. The van der Waals surface area contributed by atoms with Crippen molar-refractivity contribution in [3.8, 4) is 11.5 Å². The van der Waals surface area contributed by atoms with Crippen molar-refractivity contribution in [2.24, 2.45) is 12.0 Å². The van der Waals surface area contributed by atoms with Gasteiger partial charge in [0.05, 0.1) is 26.8 Å². The van der Waals surface area contributed by atoms with E-state index >= 15 is 0 Å². The number of benzene rings is 1. The molecule has 0 aliphatic rings. The summed E-state index contributed by atoms with van der Waals surface area (Å²) >= 11 is 0. The molecule has 0 radical (unpaired) electrons. The number of aryl methyl sites for hydroxylation is 1. The van der Waals surface area contributed by atoms with Crippen LogP contribution in [0.1, 0.15) is 25.2 Å². The lowest BCUT2D eigenvalue weighted by Gasteiger charge is -2.21. The number of halogens is 1. The second-order valence-electron chi connectivity index (χ2n) is 5.74. The van der Waals surface area contributed by atoms with Crippen molar-refractivity contribution in [1.82, 2.24) is 25.0 Å². The SMILES string of the molecule is CCNC(=NCc1ccc(OC)c(OCC)c1)N(C)Cc1ncnn1C.I. The summed E-state index contributed by atoms with van der Waals surface area (Å²) in [6, 6.07) is 5.88. The van der Waals surface area contributed by atoms with E-state index in [2.05, 4.69) is 15.4 Å². The molecule has 0 saturated carbocycles. The van der Waals surface area contributed by atoms with Crippen molar-refractivity contribution < 1.29 is 9.47 Å². The molecule has 150 valence electrons. The molecule has 0 bridgehead atoms. The molecule has 0 unspecified atom stereocenters. The summed E-state index contributed by atoms with van der Waals surface area (Å²) in [5.41, 5.74) is 1.05. The van der Waals surface area contributed by atoms with Gasteiger partial charge >= 0.3 is 0 Å². The summed E-state index contributed by atoms with van der Waals surface area (Å²) in [5, 5.41) is 7.41. The fourth-order valence-electron chi connectivity index (χ4n) is 2.47. The van der Waals surface area contributed by atoms with Gasteiger partial charge in [0.15, 0.2) is 17.5 Å². The quantitative estimate of drug-likeness (QED) is 0.350. The van der Waals surface area contributed by atoms with Crippen LogP contribution in [0.4, 0.5) is 0 Å². The standard InChI is InChI=1S/C18H28N6O2.HI/c1-6-19-18(23(3)12-17-21-13-22-24(17)4)20-11-14-8-9-15(25-5)16(10-14)26-7-2;/h8-10,13H,6-7,11-12H2,1-5H3,(H,19,20);1H. The van der Waals surface area contributed by atoms with E-state index in [-0.39, 0.29) is 24.0 Å². The van der Waals surface area contributed by atoms with Crippen LogP contribution in [0.2, 0.25) is 0 Å². The number of methoxy groups -OCH3 is 1. The molecule has 0 atom stereocenters. The fourth-order valence-corrected chi connectivity index (χ4v) is 2.47. The maximum atomic E-state index is 5.64. The highest BCUT2D eigenvalue weighted by molar-refractivity contribution is 14.0. The molecule has 0 fully saturated rings. The van der Waals surface area contributed by atoms with Crippen LogP contribution in [0, 0.1) is 0 Å². The second-order valence-corrected chi connectivity index (χ2v) is 5.74. The molecule has 2 aromatic rings. The first-order chi connectivity index (χ1) is 12.6. The Hall–Kier alpha value is -2.04. The summed E-state index contributed by atoms with van der Waals surface area (Å²) in [6.07, 6.45) is 1.56. The molecule has 1 heterocycles. The maximum absolute atomic E-state index is 5.64. The third kappa shape index (κ3) is 6.56. The van der Waals surface area contributed by atoms with Crippen molar-refractivity contribution in [2.75, 3.05) is 27.3 Å². The molecule has 1 aromatic carbocycles. The second kappa shape index (κ2) is 11.6. The minimum Gasteiger partial charge on any atom is -0.493 e. The van der Waals surface area contributed by atoms with Crippen molar-refractivity contribution in [3.05, 3.63) is 35.9 Å². The average molecular weight is 488 g/mol. The highest BCUT2D eigenvalue weighted by Gasteiger charge is 2.10. The summed E-state index contributed by atoms with van der Waals surface area (Å²) in [7, 11) is 5.50. The van der Waals surface area contributed by atoms with Gasteiger partial charge in [0.25, 0.3) is 0 Å². The van der Waals surface area contributed by atoms with E-state index in [0.717, 1.165) is 35.4 Å². The van der Waals surface area contributed by atoms with Gasteiger partial charge in [0, 0.05) is 20.6 Å². The molecule has 1 N–H and O–H groups in total. The number of aromatic nitrogens is 3. The van der Waals surface area contributed by atoms with Gasteiger partial charge < -0.3 is 19.7 Å². The maximum Gasteiger partial charge on any atom is 0.194 e. The first kappa shape index (κ1) is 23.0. The predicted molar refractivity (Wildman–Crippen MR) is 117 cm³/mol. The molecule has 0 aliphatic carbocycles. The van der Waals surface area contributed by atoms with Crippen molar-refractivity contribution in [1.29, 1.82) is 0 Å². The molecule has 27 heavy (non-hydrogen) atoms. The Kier molecular flexibility index (Phi) is 9.90. The molecular formula is C18H29IN6O2. The third-order valence-corrected chi connectivity index (χ3v) is 3.82. The zero-order valence-corrected chi connectivity index (χ0v) is 18.9. The van der Waals surface area contributed by atoms with Crippen molar-refractivity contribution in [3.63, 3.8) is 0 Å². The van der Waals surface area contributed by atoms with Crippen LogP contribution in [-0.4, -0.2) is 52.9 Å². The molecule has 0 spiro atoms. The number of nitrogens with one attached hydrogen (secondary N) is 1. The zero-order chi connectivity index (χ0) is 18.9. The van der Waals surface area contributed by atoms with Gasteiger partial charge in [-0.15, -0.1) is 24.0 Å².